The summed E-state index contributed by atoms with van der Waals surface area (Å²) in [7, 11) is 1.74. The minimum absolute atomic E-state index is 0.0996. The summed E-state index contributed by atoms with van der Waals surface area (Å²) in [5, 5.41) is 11.5. The number of aromatic nitrogens is 2. The van der Waals surface area contributed by atoms with Gasteiger partial charge in [-0.05, 0) is 64.8 Å². The molecule has 0 aliphatic carbocycles. The molecule has 1 fully saturated rings. The van der Waals surface area contributed by atoms with E-state index in [1.165, 1.54) is 6.20 Å². The Bertz CT molecular complexity index is 1580. The average molecular weight is 718 g/mol. The number of benzene rings is 2. The monoisotopic (exact) mass is 717 g/mol. The number of alkyl halides is 3. The van der Waals surface area contributed by atoms with Crippen LogP contribution in [0, 0.1) is 0 Å². The van der Waals surface area contributed by atoms with Crippen molar-refractivity contribution in [3.05, 3.63) is 64.5 Å². The number of phenolic OH excluding ortho intramolecular Hbond substituents is 1. The van der Waals surface area contributed by atoms with Crippen molar-refractivity contribution in [3.8, 4) is 11.5 Å². The maximum atomic E-state index is 13.5. The minimum Gasteiger partial charge on any atom is -0.507 e. The van der Waals surface area contributed by atoms with E-state index in [9.17, 15) is 18.3 Å². The highest BCUT2D eigenvalue weighted by atomic mass is 32.2. The second-order valence-electron chi connectivity index (χ2n) is 17.3. The van der Waals surface area contributed by atoms with E-state index >= 15 is 0 Å². The van der Waals surface area contributed by atoms with Crippen LogP contribution in [-0.2, 0) is 27.8 Å². The number of ether oxygens (including phenoxy) is 1. The van der Waals surface area contributed by atoms with Crippen molar-refractivity contribution in [1.29, 1.82) is 0 Å². The molecule has 1 N–H and O–H groups in total. The number of rotatable bonds is 6. The Labute approximate surface area is 300 Å². The van der Waals surface area contributed by atoms with Crippen molar-refractivity contribution >= 4 is 29.5 Å². The van der Waals surface area contributed by atoms with Crippen LogP contribution >= 0.6 is 23.5 Å². The number of aromatic hydroxyl groups is 1. The van der Waals surface area contributed by atoms with Crippen molar-refractivity contribution in [1.82, 2.24) is 9.97 Å². The van der Waals surface area contributed by atoms with E-state index in [1.54, 1.807) is 18.9 Å². The molecule has 1 aromatic heterocycles. The van der Waals surface area contributed by atoms with E-state index in [-0.39, 0.29) is 31.7 Å². The Balaban J connectivity index is 1.86. The lowest BCUT2D eigenvalue weighted by Gasteiger charge is -2.42. The van der Waals surface area contributed by atoms with Crippen molar-refractivity contribution in [3.63, 3.8) is 0 Å². The van der Waals surface area contributed by atoms with Gasteiger partial charge in [-0.25, -0.2) is 9.97 Å². The molecule has 3 aromatic rings. The quantitative estimate of drug-likeness (QED) is 0.255. The summed E-state index contributed by atoms with van der Waals surface area (Å²) < 4.78 is 46.3. The van der Waals surface area contributed by atoms with Gasteiger partial charge in [-0.15, -0.1) is 23.5 Å². The second-order valence-corrected chi connectivity index (χ2v) is 20.4. The van der Waals surface area contributed by atoms with Gasteiger partial charge in [0.25, 0.3) is 0 Å². The fourth-order valence-corrected chi connectivity index (χ4v) is 9.25. The number of hydrogen-bond acceptors (Lipinski definition) is 7. The van der Waals surface area contributed by atoms with Gasteiger partial charge in [0.2, 0.25) is 5.95 Å². The van der Waals surface area contributed by atoms with E-state index in [4.69, 9.17) is 4.74 Å². The normalized spacial score (nSPS) is 16.2. The van der Waals surface area contributed by atoms with Gasteiger partial charge >= 0.3 is 6.18 Å². The Morgan fingerprint density at radius 3 is 1.49 bits per heavy atom. The molecule has 0 amide bonds. The van der Waals surface area contributed by atoms with Gasteiger partial charge in [-0.2, -0.15) is 13.2 Å². The maximum absolute atomic E-state index is 13.5. The lowest BCUT2D eigenvalue weighted by Crippen LogP contribution is -2.41. The molecule has 0 unspecified atom stereocenters. The maximum Gasteiger partial charge on any atom is 0.433 e. The smallest absolute Gasteiger partial charge is 0.433 e. The van der Waals surface area contributed by atoms with Crippen LogP contribution in [-0.4, -0.2) is 39.4 Å². The number of nitrogens with zero attached hydrogens (tertiary/aromatic N) is 3. The van der Waals surface area contributed by atoms with Crippen LogP contribution < -0.4 is 9.64 Å². The van der Waals surface area contributed by atoms with Gasteiger partial charge in [0.1, 0.15) is 17.2 Å². The molecule has 1 aliphatic rings. The zero-order valence-electron chi connectivity index (χ0n) is 31.4. The molecule has 1 saturated heterocycles. The molecule has 5 nitrogen and oxygen atoms in total. The van der Waals surface area contributed by atoms with Crippen LogP contribution in [0.5, 0.6) is 11.5 Å². The summed E-state index contributed by atoms with van der Waals surface area (Å²) >= 11 is 3.61. The fourth-order valence-electron chi connectivity index (χ4n) is 6.17. The van der Waals surface area contributed by atoms with Crippen LogP contribution in [0.4, 0.5) is 19.1 Å². The lowest BCUT2D eigenvalue weighted by molar-refractivity contribution is -0.141. The van der Waals surface area contributed by atoms with Gasteiger partial charge < -0.3 is 14.7 Å². The number of phenols is 1. The van der Waals surface area contributed by atoms with Gasteiger partial charge in [-0.3, -0.25) is 0 Å². The van der Waals surface area contributed by atoms with Gasteiger partial charge in [0, 0.05) is 51.3 Å². The first-order valence-electron chi connectivity index (χ1n) is 16.9. The average Bonchev–Trinajstić information content (AvgIpc) is 2.95. The fraction of sp³-hybridized carbons (Fsp3) is 0.590. The molecule has 4 rings (SSSR count). The van der Waals surface area contributed by atoms with E-state index < -0.39 is 11.9 Å². The van der Waals surface area contributed by atoms with E-state index in [0.29, 0.717) is 31.7 Å². The third-order valence-corrected chi connectivity index (χ3v) is 11.9. The predicted octanol–water partition coefficient (Wildman–Crippen LogP) is 11.3. The van der Waals surface area contributed by atoms with E-state index in [2.05, 4.69) is 117 Å². The zero-order valence-corrected chi connectivity index (χ0v) is 33.1. The number of anilines is 1. The number of methoxy groups -OCH3 is 1. The highest BCUT2D eigenvalue weighted by Crippen LogP contribution is 2.55. The van der Waals surface area contributed by atoms with Crippen molar-refractivity contribution in [2.45, 2.75) is 138 Å². The summed E-state index contributed by atoms with van der Waals surface area (Å²) in [6.07, 6.45) is -2.02. The largest absolute Gasteiger partial charge is 0.507 e. The molecule has 0 atom stereocenters. The predicted molar refractivity (Wildman–Crippen MR) is 199 cm³/mol. The van der Waals surface area contributed by atoms with Crippen LogP contribution in [0.2, 0.25) is 0 Å². The topological polar surface area (TPSA) is 58.5 Å². The molecule has 2 heterocycles. The van der Waals surface area contributed by atoms with Crippen molar-refractivity contribution in [2.75, 3.05) is 25.1 Å². The number of piperidine rings is 1. The highest BCUT2D eigenvalue weighted by Gasteiger charge is 2.41. The van der Waals surface area contributed by atoms with E-state index in [0.717, 1.165) is 43.9 Å². The Hall–Kier alpha value is -2.59. The molecule has 49 heavy (non-hydrogen) atoms. The Morgan fingerprint density at radius 1 is 0.714 bits per heavy atom. The molecule has 0 bridgehead atoms. The van der Waals surface area contributed by atoms with Gasteiger partial charge in [0.15, 0.2) is 0 Å². The van der Waals surface area contributed by atoms with Crippen LogP contribution in [0.15, 0.2) is 46.3 Å². The molecule has 0 radical (unpaired) electrons. The van der Waals surface area contributed by atoms with Gasteiger partial charge in [-0.1, -0.05) is 83.1 Å². The van der Waals surface area contributed by atoms with Crippen molar-refractivity contribution in [2.24, 2.45) is 0 Å². The second kappa shape index (κ2) is 13.5. The molecular weight excluding hydrogens is 664 g/mol. The molecule has 10 heteroatoms. The molecule has 0 spiro atoms. The van der Waals surface area contributed by atoms with Crippen LogP contribution in [0.3, 0.4) is 0 Å². The SMILES string of the molecule is COc1c(C(C)(C)C)cc(SC2(Sc3cc(C(C)(C)C)c(O)c(C(C)(C)C)c3)CCN(c3nccc(C(F)(F)F)n3)CC2)cc1C(C)(C)C. The summed E-state index contributed by atoms with van der Waals surface area (Å²) in [4.78, 5) is 12.2. The van der Waals surface area contributed by atoms with Crippen molar-refractivity contribution < 1.29 is 23.0 Å². The number of hydrogen-bond donors (Lipinski definition) is 1. The molecule has 2 aromatic carbocycles. The van der Waals surface area contributed by atoms with Gasteiger partial charge in [0.05, 0.1) is 11.2 Å². The summed E-state index contributed by atoms with van der Waals surface area (Å²) in [5.41, 5.74) is 2.20. The Kier molecular flexibility index (Phi) is 10.8. The summed E-state index contributed by atoms with van der Waals surface area (Å²) in [6.45, 7) is 26.8. The standard InChI is InChI=1S/C39H54F3N3O2S2/c1-34(2,3)26-20-24(21-27(31(26)46)35(4,5)6)48-38(15-18-45(19-16-38)33-43-17-14-30(44-33)39(40,41)42)49-25-22-28(36(7,8)9)32(47-13)29(23-25)37(10,11)12/h14,17,20-23,46H,15-16,18-19H2,1-13H3. The first kappa shape index (κ1) is 39.2. The van der Waals surface area contributed by atoms with Crippen LogP contribution in [0.1, 0.15) is 124 Å². The highest BCUT2D eigenvalue weighted by molar-refractivity contribution is 8.18. The number of thioether (sulfide) groups is 2. The third kappa shape index (κ3) is 9.02. The van der Waals surface area contributed by atoms with E-state index in [1.807, 2.05) is 16.7 Å². The zero-order chi connectivity index (χ0) is 37.0. The molecule has 270 valence electrons. The first-order valence-corrected chi connectivity index (χ1v) is 18.5. The summed E-state index contributed by atoms with van der Waals surface area (Å²) in [6, 6.07) is 9.66. The Morgan fingerprint density at radius 2 is 1.12 bits per heavy atom. The first-order chi connectivity index (χ1) is 22.2. The number of halogens is 3. The minimum atomic E-state index is -4.54. The molecular formula is C39H54F3N3O2S2. The molecule has 0 saturated carbocycles. The van der Waals surface area contributed by atoms with Crippen LogP contribution in [0.25, 0.3) is 0 Å². The lowest BCUT2D eigenvalue weighted by atomic mass is 9.79. The summed E-state index contributed by atoms with van der Waals surface area (Å²) in [5.74, 6) is 1.34. The molecule has 1 aliphatic heterocycles. The third-order valence-electron chi connectivity index (χ3n) is 8.93.